The predicted octanol–water partition coefficient (Wildman–Crippen LogP) is 3.91. The van der Waals surface area contributed by atoms with Crippen LogP contribution in [-0.2, 0) is 4.74 Å². The smallest absolute Gasteiger partial charge is 0.0772 e. The SMILES string of the molecule is CC[C@@]1(C)CC[C@@]2(O1)[C@@H](C)CC[C@@H]1[C@]2(C)CCC(O)[C@@]1(C)CO. The van der Waals surface area contributed by atoms with Gasteiger partial charge in [0.05, 0.1) is 23.9 Å². The highest BCUT2D eigenvalue weighted by molar-refractivity contribution is 5.16. The van der Waals surface area contributed by atoms with E-state index in [0.717, 1.165) is 44.9 Å². The van der Waals surface area contributed by atoms with E-state index >= 15 is 0 Å². The molecule has 1 heterocycles. The maximum absolute atomic E-state index is 10.6. The number of hydrogen-bond acceptors (Lipinski definition) is 3. The average Bonchev–Trinajstić information content (AvgIpc) is 2.90. The van der Waals surface area contributed by atoms with Gasteiger partial charge in [-0.05, 0) is 63.7 Å². The Morgan fingerprint density at radius 2 is 1.74 bits per heavy atom. The van der Waals surface area contributed by atoms with E-state index in [-0.39, 0.29) is 23.2 Å². The molecule has 2 saturated carbocycles. The summed E-state index contributed by atoms with van der Waals surface area (Å²) in [6.45, 7) is 11.4. The molecule has 0 radical (unpaired) electrons. The number of ether oxygens (including phenoxy) is 1. The summed E-state index contributed by atoms with van der Waals surface area (Å²) >= 11 is 0. The van der Waals surface area contributed by atoms with Crippen LogP contribution >= 0.6 is 0 Å². The third-order valence-corrected chi connectivity index (χ3v) is 8.46. The Balaban J connectivity index is 2.04. The lowest BCUT2D eigenvalue weighted by Crippen LogP contribution is -2.66. The first-order valence-electron chi connectivity index (χ1n) is 9.66. The average molecular weight is 325 g/mol. The highest BCUT2D eigenvalue weighted by Gasteiger charge is 2.68. The Labute approximate surface area is 141 Å². The minimum Gasteiger partial charge on any atom is -0.396 e. The van der Waals surface area contributed by atoms with E-state index in [9.17, 15) is 10.2 Å². The van der Waals surface area contributed by atoms with Gasteiger partial charge in [-0.15, -0.1) is 0 Å². The van der Waals surface area contributed by atoms with Crippen LogP contribution in [0.3, 0.4) is 0 Å². The van der Waals surface area contributed by atoms with Gasteiger partial charge < -0.3 is 14.9 Å². The van der Waals surface area contributed by atoms with Crippen LogP contribution in [0.2, 0.25) is 0 Å². The summed E-state index contributed by atoms with van der Waals surface area (Å²) < 4.78 is 6.92. The lowest BCUT2D eigenvalue weighted by atomic mass is 9.43. The van der Waals surface area contributed by atoms with Gasteiger partial charge >= 0.3 is 0 Å². The molecule has 1 spiro atoms. The minimum atomic E-state index is -0.394. The van der Waals surface area contributed by atoms with Crippen molar-refractivity contribution in [1.29, 1.82) is 0 Å². The van der Waals surface area contributed by atoms with Gasteiger partial charge in [-0.2, -0.15) is 0 Å². The van der Waals surface area contributed by atoms with E-state index in [2.05, 4.69) is 34.6 Å². The molecule has 0 amide bonds. The van der Waals surface area contributed by atoms with E-state index in [0.29, 0.717) is 11.8 Å². The zero-order chi connectivity index (χ0) is 17.1. The lowest BCUT2D eigenvalue weighted by molar-refractivity contribution is -0.265. The van der Waals surface area contributed by atoms with Crippen molar-refractivity contribution in [3.8, 4) is 0 Å². The number of fused-ring (bicyclic) bond motifs is 2. The normalized spacial score (nSPS) is 56.7. The Morgan fingerprint density at radius 1 is 1.04 bits per heavy atom. The molecule has 2 N–H and O–H groups in total. The van der Waals surface area contributed by atoms with E-state index in [1.807, 2.05) is 0 Å². The molecular formula is C20H36O3. The summed E-state index contributed by atoms with van der Waals surface area (Å²) in [5.41, 5.74) is -0.439. The fourth-order valence-electron chi connectivity index (χ4n) is 6.47. The third kappa shape index (κ3) is 2.19. The van der Waals surface area contributed by atoms with Crippen LogP contribution in [0.5, 0.6) is 0 Å². The number of aliphatic hydroxyl groups is 2. The van der Waals surface area contributed by atoms with Crippen molar-refractivity contribution in [2.75, 3.05) is 6.61 Å². The molecule has 0 aromatic carbocycles. The van der Waals surface area contributed by atoms with Crippen molar-refractivity contribution in [3.05, 3.63) is 0 Å². The van der Waals surface area contributed by atoms with Crippen molar-refractivity contribution in [2.45, 2.75) is 96.9 Å². The fourth-order valence-corrected chi connectivity index (χ4v) is 6.47. The van der Waals surface area contributed by atoms with Gasteiger partial charge in [0.25, 0.3) is 0 Å². The molecule has 1 unspecified atom stereocenters. The molecule has 23 heavy (non-hydrogen) atoms. The van der Waals surface area contributed by atoms with Crippen LogP contribution < -0.4 is 0 Å². The van der Waals surface area contributed by atoms with Gasteiger partial charge in [-0.3, -0.25) is 0 Å². The van der Waals surface area contributed by atoms with Crippen molar-refractivity contribution >= 4 is 0 Å². The second-order valence-corrected chi connectivity index (χ2v) is 9.46. The highest BCUT2D eigenvalue weighted by atomic mass is 16.5. The summed E-state index contributed by atoms with van der Waals surface area (Å²) in [4.78, 5) is 0. The number of aliphatic hydroxyl groups excluding tert-OH is 2. The van der Waals surface area contributed by atoms with Gasteiger partial charge in [0.2, 0.25) is 0 Å². The largest absolute Gasteiger partial charge is 0.396 e. The lowest BCUT2D eigenvalue weighted by Gasteiger charge is -2.65. The van der Waals surface area contributed by atoms with Crippen LogP contribution in [0.1, 0.15) is 79.6 Å². The fraction of sp³-hybridized carbons (Fsp3) is 1.00. The van der Waals surface area contributed by atoms with Gasteiger partial charge in [-0.25, -0.2) is 0 Å². The zero-order valence-corrected chi connectivity index (χ0v) is 15.7. The maximum Gasteiger partial charge on any atom is 0.0772 e. The molecule has 2 aliphatic carbocycles. The zero-order valence-electron chi connectivity index (χ0n) is 15.7. The topological polar surface area (TPSA) is 49.7 Å². The number of rotatable bonds is 2. The Bertz CT molecular complexity index is 466. The summed E-state index contributed by atoms with van der Waals surface area (Å²) in [6, 6.07) is 0. The predicted molar refractivity (Wildman–Crippen MR) is 92.2 cm³/mol. The Hall–Kier alpha value is -0.120. The summed E-state index contributed by atoms with van der Waals surface area (Å²) in [6.07, 6.45) is 6.96. The van der Waals surface area contributed by atoms with E-state index in [4.69, 9.17) is 4.74 Å². The second kappa shape index (κ2) is 5.44. The van der Waals surface area contributed by atoms with Crippen LogP contribution in [0.15, 0.2) is 0 Å². The molecule has 134 valence electrons. The molecular weight excluding hydrogens is 288 g/mol. The molecule has 0 aromatic heterocycles. The first-order valence-corrected chi connectivity index (χ1v) is 9.66. The molecule has 3 nitrogen and oxygen atoms in total. The van der Waals surface area contributed by atoms with Crippen molar-refractivity contribution < 1.29 is 14.9 Å². The molecule has 7 atom stereocenters. The van der Waals surface area contributed by atoms with Crippen molar-refractivity contribution in [1.82, 2.24) is 0 Å². The standard InChI is InChI=1S/C20H36O3/c1-6-17(3)11-12-20(23-17)14(2)7-8-15-18(4,13-21)16(22)9-10-19(15,20)5/h14-16,21-22H,6-13H2,1-5H3/t14-,15-,16?,17-,18-,19-,20+/m0/s1. The molecule has 0 bridgehead atoms. The Morgan fingerprint density at radius 3 is 2.30 bits per heavy atom. The maximum atomic E-state index is 10.6. The second-order valence-electron chi connectivity index (χ2n) is 9.46. The molecule has 0 aromatic rings. The molecule has 1 aliphatic heterocycles. The van der Waals surface area contributed by atoms with Crippen LogP contribution in [0.25, 0.3) is 0 Å². The number of hydrogen-bond donors (Lipinski definition) is 2. The summed E-state index contributed by atoms with van der Waals surface area (Å²) in [5, 5.41) is 20.7. The van der Waals surface area contributed by atoms with Crippen LogP contribution in [-0.4, -0.2) is 34.1 Å². The summed E-state index contributed by atoms with van der Waals surface area (Å²) in [7, 11) is 0. The van der Waals surface area contributed by atoms with Gasteiger partial charge in [0, 0.05) is 10.8 Å². The van der Waals surface area contributed by atoms with E-state index in [1.54, 1.807) is 0 Å². The monoisotopic (exact) mass is 324 g/mol. The molecule has 1 saturated heterocycles. The third-order valence-electron chi connectivity index (χ3n) is 8.46. The summed E-state index contributed by atoms with van der Waals surface area (Å²) in [5.74, 6) is 0.884. The van der Waals surface area contributed by atoms with Crippen LogP contribution in [0, 0.1) is 22.7 Å². The van der Waals surface area contributed by atoms with Crippen molar-refractivity contribution in [3.63, 3.8) is 0 Å². The van der Waals surface area contributed by atoms with E-state index in [1.165, 1.54) is 0 Å². The Kier molecular flexibility index (Phi) is 4.18. The quantitative estimate of drug-likeness (QED) is 0.809. The van der Waals surface area contributed by atoms with Gasteiger partial charge in [0.1, 0.15) is 0 Å². The first-order chi connectivity index (χ1) is 10.7. The highest BCUT2D eigenvalue weighted by Crippen LogP contribution is 2.67. The van der Waals surface area contributed by atoms with Gasteiger partial charge in [0.15, 0.2) is 0 Å². The first kappa shape index (κ1) is 17.7. The minimum absolute atomic E-state index is 0.00909. The van der Waals surface area contributed by atoms with Gasteiger partial charge in [-0.1, -0.05) is 27.7 Å². The molecule has 3 fully saturated rings. The molecule has 3 heteroatoms. The molecule has 3 aliphatic rings. The van der Waals surface area contributed by atoms with Crippen molar-refractivity contribution in [2.24, 2.45) is 22.7 Å². The van der Waals surface area contributed by atoms with E-state index < -0.39 is 11.5 Å². The molecule has 3 rings (SSSR count). The van der Waals surface area contributed by atoms with Crippen LogP contribution in [0.4, 0.5) is 0 Å².